The minimum absolute atomic E-state index is 0.00452. The Labute approximate surface area is 290 Å². The molecule has 0 amide bonds. The Kier molecular flexibility index (Phi) is 15.2. The highest BCUT2D eigenvalue weighted by atomic mass is 35.5. The van der Waals surface area contributed by atoms with Crippen molar-refractivity contribution in [3.8, 4) is 5.75 Å². The van der Waals surface area contributed by atoms with Crippen molar-refractivity contribution in [1.29, 1.82) is 0 Å². The van der Waals surface area contributed by atoms with Gasteiger partial charge in [0, 0.05) is 30.3 Å². The van der Waals surface area contributed by atoms with Gasteiger partial charge in [-0.3, -0.25) is 0 Å². The molecule has 1 fully saturated rings. The standard InChI is InChI=1S/C36H48ClNO8S2/c37-31-16-18-33(19-17-31)48(43,44)46-36-20-15-29(25-30(36)27-39)35(40)26-38-21-6-1-2-7-22-45-23-8-5-10-28-11-9-14-34(24-28)47(41,42)32-12-3-4-13-32/h9,11,14-20,24-25,32,35,38-40H,1-8,10,12-13,21-23,26-27H2. The first kappa shape index (κ1) is 38.3. The first-order valence-electron chi connectivity index (χ1n) is 16.8. The van der Waals surface area contributed by atoms with Crippen LogP contribution in [0, 0.1) is 0 Å². The van der Waals surface area contributed by atoms with Crippen molar-refractivity contribution in [2.24, 2.45) is 0 Å². The first-order valence-corrected chi connectivity index (χ1v) is 20.2. The van der Waals surface area contributed by atoms with Gasteiger partial charge in [0.2, 0.25) is 0 Å². The average molecular weight is 722 g/mol. The number of aryl methyl sites for hydroxylation is 1. The van der Waals surface area contributed by atoms with Crippen molar-refractivity contribution in [3.63, 3.8) is 0 Å². The van der Waals surface area contributed by atoms with Crippen LogP contribution in [0.2, 0.25) is 5.02 Å². The van der Waals surface area contributed by atoms with E-state index in [1.807, 2.05) is 18.2 Å². The van der Waals surface area contributed by atoms with Gasteiger partial charge in [-0.05, 0) is 111 Å². The summed E-state index contributed by atoms with van der Waals surface area (Å²) in [6.45, 7) is 2.02. The highest BCUT2D eigenvalue weighted by molar-refractivity contribution is 7.92. The number of halogens is 1. The summed E-state index contributed by atoms with van der Waals surface area (Å²) in [5, 5.41) is 23.9. The second-order valence-corrected chi connectivity index (χ2v) is 16.5. The van der Waals surface area contributed by atoms with E-state index in [4.69, 9.17) is 20.5 Å². The van der Waals surface area contributed by atoms with Crippen LogP contribution < -0.4 is 9.50 Å². The molecule has 1 unspecified atom stereocenters. The van der Waals surface area contributed by atoms with Crippen LogP contribution in [0.15, 0.2) is 76.5 Å². The van der Waals surface area contributed by atoms with E-state index in [1.54, 1.807) is 18.2 Å². The Morgan fingerprint density at radius 2 is 1.54 bits per heavy atom. The quantitative estimate of drug-likeness (QED) is 0.0827. The molecular formula is C36H48ClNO8S2. The molecule has 48 heavy (non-hydrogen) atoms. The Morgan fingerprint density at radius 1 is 0.833 bits per heavy atom. The first-order chi connectivity index (χ1) is 23.1. The highest BCUT2D eigenvalue weighted by Crippen LogP contribution is 2.30. The van der Waals surface area contributed by atoms with Gasteiger partial charge in [-0.1, -0.05) is 55.5 Å². The van der Waals surface area contributed by atoms with Gasteiger partial charge in [0.25, 0.3) is 0 Å². The SMILES string of the molecule is O=S(=O)(Oc1ccc(C(O)CNCCCCCCOCCCCc2cccc(S(=O)(=O)C3CCCC3)c2)cc1CO)c1ccc(Cl)cc1. The van der Waals surface area contributed by atoms with Crippen LogP contribution in [0.25, 0.3) is 0 Å². The van der Waals surface area contributed by atoms with Crippen LogP contribution in [0.5, 0.6) is 5.75 Å². The zero-order valence-electron chi connectivity index (χ0n) is 27.4. The topological polar surface area (TPSA) is 139 Å². The number of nitrogens with one attached hydrogen (secondary N) is 1. The van der Waals surface area contributed by atoms with E-state index in [0.29, 0.717) is 28.6 Å². The monoisotopic (exact) mass is 721 g/mol. The third kappa shape index (κ3) is 11.5. The van der Waals surface area contributed by atoms with E-state index in [9.17, 15) is 27.0 Å². The molecule has 1 atom stereocenters. The van der Waals surface area contributed by atoms with Crippen LogP contribution in [0.1, 0.15) is 87.0 Å². The van der Waals surface area contributed by atoms with Crippen LogP contribution in [-0.4, -0.2) is 58.6 Å². The van der Waals surface area contributed by atoms with Gasteiger partial charge >= 0.3 is 10.1 Å². The summed E-state index contributed by atoms with van der Waals surface area (Å²) in [6, 6.07) is 17.6. The number of aliphatic hydroxyl groups is 2. The minimum atomic E-state index is -4.12. The summed E-state index contributed by atoms with van der Waals surface area (Å²) in [7, 11) is -7.33. The van der Waals surface area contributed by atoms with E-state index >= 15 is 0 Å². The zero-order valence-corrected chi connectivity index (χ0v) is 29.7. The molecule has 3 aromatic rings. The lowest BCUT2D eigenvalue weighted by Crippen LogP contribution is -2.22. The van der Waals surface area contributed by atoms with Crippen molar-refractivity contribution in [2.45, 2.75) is 98.4 Å². The van der Waals surface area contributed by atoms with Crippen LogP contribution in [0.3, 0.4) is 0 Å². The molecule has 3 aromatic carbocycles. The number of sulfone groups is 1. The molecule has 4 rings (SSSR count). The van der Waals surface area contributed by atoms with Gasteiger partial charge in [0.05, 0.1) is 22.9 Å². The Balaban J connectivity index is 1.04. The molecule has 12 heteroatoms. The molecule has 3 N–H and O–H groups in total. The molecule has 1 saturated carbocycles. The second kappa shape index (κ2) is 19.0. The van der Waals surface area contributed by atoms with E-state index in [0.717, 1.165) is 89.3 Å². The molecule has 0 heterocycles. The summed E-state index contributed by atoms with van der Waals surface area (Å²) in [5.41, 5.74) is 1.86. The zero-order chi connectivity index (χ0) is 34.4. The van der Waals surface area contributed by atoms with Gasteiger partial charge < -0.3 is 24.4 Å². The average Bonchev–Trinajstić information content (AvgIpc) is 3.63. The molecule has 1 aliphatic rings. The maximum Gasteiger partial charge on any atom is 0.339 e. The second-order valence-electron chi connectivity index (χ2n) is 12.3. The number of hydrogen-bond donors (Lipinski definition) is 3. The molecule has 0 saturated heterocycles. The maximum atomic E-state index is 12.9. The molecule has 0 aliphatic heterocycles. The van der Waals surface area contributed by atoms with E-state index in [-0.39, 0.29) is 21.5 Å². The summed E-state index contributed by atoms with van der Waals surface area (Å²) in [5.74, 6) is -0.00452. The minimum Gasteiger partial charge on any atom is -0.392 e. The van der Waals surface area contributed by atoms with Gasteiger partial charge in [0.15, 0.2) is 9.84 Å². The summed E-state index contributed by atoms with van der Waals surface area (Å²) in [6.07, 6.45) is 9.48. The number of aliphatic hydroxyl groups excluding tert-OH is 2. The number of unbranched alkanes of at least 4 members (excludes halogenated alkanes) is 4. The third-order valence-electron chi connectivity index (χ3n) is 8.64. The Hall–Kier alpha value is -2.51. The Bertz CT molecular complexity index is 1640. The number of hydrogen-bond acceptors (Lipinski definition) is 9. The number of benzene rings is 3. The van der Waals surface area contributed by atoms with Crippen LogP contribution in [0.4, 0.5) is 0 Å². The molecule has 0 aromatic heterocycles. The fourth-order valence-corrected chi connectivity index (χ4v) is 8.86. The highest BCUT2D eigenvalue weighted by Gasteiger charge is 2.30. The van der Waals surface area contributed by atoms with Crippen LogP contribution >= 0.6 is 11.6 Å². The third-order valence-corrected chi connectivity index (χ3v) is 12.4. The molecule has 264 valence electrons. The summed E-state index contributed by atoms with van der Waals surface area (Å²) in [4.78, 5) is 0.410. The van der Waals surface area contributed by atoms with Crippen LogP contribution in [-0.2, 0) is 37.7 Å². The lowest BCUT2D eigenvalue weighted by atomic mass is 10.1. The van der Waals surface area contributed by atoms with Crippen molar-refractivity contribution >= 4 is 31.6 Å². The molecule has 1 aliphatic carbocycles. The summed E-state index contributed by atoms with van der Waals surface area (Å²) < 4.78 is 62.0. The lowest BCUT2D eigenvalue weighted by Gasteiger charge is -2.16. The summed E-state index contributed by atoms with van der Waals surface area (Å²) >= 11 is 5.84. The molecule has 0 spiro atoms. The van der Waals surface area contributed by atoms with E-state index in [2.05, 4.69) is 5.32 Å². The normalized spacial score (nSPS) is 14.7. The largest absolute Gasteiger partial charge is 0.392 e. The number of ether oxygens (including phenoxy) is 1. The van der Waals surface area contributed by atoms with Gasteiger partial charge in [-0.25, -0.2) is 8.42 Å². The molecule has 0 bridgehead atoms. The lowest BCUT2D eigenvalue weighted by molar-refractivity contribution is 0.126. The van der Waals surface area contributed by atoms with Crippen molar-refractivity contribution < 1.29 is 36.0 Å². The Morgan fingerprint density at radius 3 is 2.27 bits per heavy atom. The van der Waals surface area contributed by atoms with Gasteiger partial charge in [0.1, 0.15) is 10.6 Å². The van der Waals surface area contributed by atoms with Crippen molar-refractivity contribution in [1.82, 2.24) is 5.32 Å². The number of rotatable bonds is 21. The predicted octanol–water partition coefficient (Wildman–Crippen LogP) is 6.54. The smallest absolute Gasteiger partial charge is 0.339 e. The predicted molar refractivity (Wildman–Crippen MR) is 188 cm³/mol. The molecule has 0 radical (unpaired) electrons. The van der Waals surface area contributed by atoms with Crippen molar-refractivity contribution in [3.05, 3.63) is 88.4 Å². The maximum absolute atomic E-state index is 12.9. The fourth-order valence-electron chi connectivity index (χ4n) is 5.85. The van der Waals surface area contributed by atoms with Gasteiger partial charge in [-0.15, -0.1) is 0 Å². The van der Waals surface area contributed by atoms with E-state index < -0.39 is 32.7 Å². The van der Waals surface area contributed by atoms with E-state index in [1.165, 1.54) is 30.3 Å². The molecule has 9 nitrogen and oxygen atoms in total. The van der Waals surface area contributed by atoms with Crippen molar-refractivity contribution in [2.75, 3.05) is 26.3 Å². The van der Waals surface area contributed by atoms with Gasteiger partial charge in [-0.2, -0.15) is 8.42 Å². The fraction of sp³-hybridized carbons (Fsp3) is 0.500. The molecular weight excluding hydrogens is 674 g/mol.